The molecule has 0 saturated carbocycles. The second-order valence-electron chi connectivity index (χ2n) is 4.15. The van der Waals surface area contributed by atoms with Crippen LogP contribution in [0.1, 0.15) is 19.7 Å². The van der Waals surface area contributed by atoms with Gasteiger partial charge < -0.3 is 10.3 Å². The first-order chi connectivity index (χ1) is 8.54. The molecule has 0 saturated heterocycles. The Hall–Kier alpha value is -1.01. The molecule has 96 valence electrons. The molecule has 1 aromatic carbocycles. The molecule has 0 bridgehead atoms. The number of rotatable bonds is 4. The first-order valence-corrected chi connectivity index (χ1v) is 7.39. The summed E-state index contributed by atoms with van der Waals surface area (Å²) in [6.45, 7) is 4.28. The number of anilines is 1. The van der Waals surface area contributed by atoms with E-state index in [-0.39, 0.29) is 0 Å². The zero-order chi connectivity index (χ0) is 13.1. The van der Waals surface area contributed by atoms with Crippen molar-refractivity contribution in [3.8, 4) is 11.5 Å². The standard InChI is InChI=1S/C12H14BrN3OS/c1-7(2)18-6-11-15-12(17-16-11)8-3-9(13)5-10(14)4-8/h3-5,7H,6,14H2,1-2H3. The van der Waals surface area contributed by atoms with Crippen molar-refractivity contribution in [2.75, 3.05) is 5.73 Å². The number of benzene rings is 1. The fourth-order valence-electron chi connectivity index (χ4n) is 1.41. The molecule has 4 nitrogen and oxygen atoms in total. The molecule has 2 aromatic rings. The number of hydrogen-bond acceptors (Lipinski definition) is 5. The summed E-state index contributed by atoms with van der Waals surface area (Å²) < 4.78 is 6.14. The van der Waals surface area contributed by atoms with Crippen molar-refractivity contribution in [3.05, 3.63) is 28.5 Å². The lowest BCUT2D eigenvalue weighted by Crippen LogP contribution is -1.91. The van der Waals surface area contributed by atoms with E-state index in [0.29, 0.717) is 22.7 Å². The zero-order valence-corrected chi connectivity index (χ0v) is 12.6. The predicted molar refractivity (Wildman–Crippen MR) is 78.3 cm³/mol. The van der Waals surface area contributed by atoms with E-state index in [4.69, 9.17) is 10.3 Å². The second kappa shape index (κ2) is 5.75. The van der Waals surface area contributed by atoms with Gasteiger partial charge in [-0.1, -0.05) is 34.9 Å². The quantitative estimate of drug-likeness (QED) is 0.867. The molecule has 0 unspecified atom stereocenters. The molecule has 0 aliphatic carbocycles. The smallest absolute Gasteiger partial charge is 0.258 e. The average Bonchev–Trinajstić information content (AvgIpc) is 2.73. The van der Waals surface area contributed by atoms with E-state index in [1.807, 2.05) is 18.2 Å². The highest BCUT2D eigenvalue weighted by Crippen LogP contribution is 2.25. The van der Waals surface area contributed by atoms with E-state index in [2.05, 4.69) is 39.9 Å². The van der Waals surface area contributed by atoms with Crippen LogP contribution in [0, 0.1) is 0 Å². The van der Waals surface area contributed by atoms with E-state index in [1.165, 1.54) is 0 Å². The topological polar surface area (TPSA) is 64.9 Å². The molecule has 1 heterocycles. The number of nitrogens with zero attached hydrogens (tertiary/aromatic N) is 2. The summed E-state index contributed by atoms with van der Waals surface area (Å²) >= 11 is 5.17. The number of halogens is 1. The number of hydrogen-bond donors (Lipinski definition) is 1. The Balaban J connectivity index is 2.18. The van der Waals surface area contributed by atoms with Crippen molar-refractivity contribution in [2.45, 2.75) is 24.9 Å². The summed E-state index contributed by atoms with van der Waals surface area (Å²) in [5, 5.41) is 4.51. The van der Waals surface area contributed by atoms with E-state index in [0.717, 1.165) is 15.8 Å². The lowest BCUT2D eigenvalue weighted by atomic mass is 10.2. The van der Waals surface area contributed by atoms with Crippen LogP contribution in [-0.2, 0) is 5.75 Å². The molecule has 0 aliphatic heterocycles. The van der Waals surface area contributed by atoms with E-state index >= 15 is 0 Å². The molecule has 0 amide bonds. The summed E-state index contributed by atoms with van der Waals surface area (Å²) in [7, 11) is 0. The van der Waals surface area contributed by atoms with Gasteiger partial charge in [0.2, 0.25) is 0 Å². The van der Waals surface area contributed by atoms with Crippen molar-refractivity contribution in [2.24, 2.45) is 0 Å². The highest BCUT2D eigenvalue weighted by atomic mass is 79.9. The second-order valence-corrected chi connectivity index (χ2v) is 6.63. The molecule has 6 heteroatoms. The molecule has 0 atom stereocenters. The summed E-state index contributed by atoms with van der Waals surface area (Å²) in [6, 6.07) is 5.55. The minimum absolute atomic E-state index is 0.502. The fraction of sp³-hybridized carbons (Fsp3) is 0.333. The van der Waals surface area contributed by atoms with Gasteiger partial charge in [-0.05, 0) is 23.4 Å². The third-order valence-corrected chi connectivity index (χ3v) is 3.73. The SMILES string of the molecule is CC(C)SCc1noc(-c2cc(N)cc(Br)c2)n1. The number of nitrogen functional groups attached to an aromatic ring is 1. The van der Waals surface area contributed by atoms with Crippen LogP contribution in [0.4, 0.5) is 5.69 Å². The minimum Gasteiger partial charge on any atom is -0.399 e. The van der Waals surface area contributed by atoms with Gasteiger partial charge in [0.05, 0.1) is 5.75 Å². The maximum Gasteiger partial charge on any atom is 0.258 e. The number of thioether (sulfide) groups is 1. The van der Waals surface area contributed by atoms with Gasteiger partial charge in [-0.3, -0.25) is 0 Å². The summed E-state index contributed by atoms with van der Waals surface area (Å²) in [6.07, 6.45) is 0. The van der Waals surface area contributed by atoms with Gasteiger partial charge in [0.1, 0.15) is 0 Å². The van der Waals surface area contributed by atoms with Crippen LogP contribution in [0.2, 0.25) is 0 Å². The highest BCUT2D eigenvalue weighted by molar-refractivity contribution is 9.10. The van der Waals surface area contributed by atoms with Gasteiger partial charge >= 0.3 is 0 Å². The Labute approximate surface area is 118 Å². The van der Waals surface area contributed by atoms with Crippen molar-refractivity contribution in [3.63, 3.8) is 0 Å². The van der Waals surface area contributed by atoms with Crippen molar-refractivity contribution >= 4 is 33.4 Å². The van der Waals surface area contributed by atoms with Gasteiger partial charge in [0.15, 0.2) is 5.82 Å². The zero-order valence-electron chi connectivity index (χ0n) is 10.2. The molecule has 2 N–H and O–H groups in total. The highest BCUT2D eigenvalue weighted by Gasteiger charge is 2.10. The van der Waals surface area contributed by atoms with Gasteiger partial charge in [0, 0.05) is 15.7 Å². The number of aromatic nitrogens is 2. The monoisotopic (exact) mass is 327 g/mol. The van der Waals surface area contributed by atoms with Crippen LogP contribution in [0.5, 0.6) is 0 Å². The van der Waals surface area contributed by atoms with Gasteiger partial charge in [-0.2, -0.15) is 16.7 Å². The Bertz CT molecular complexity index is 522. The van der Waals surface area contributed by atoms with Crippen molar-refractivity contribution in [1.82, 2.24) is 10.1 Å². The Morgan fingerprint density at radius 3 is 2.83 bits per heavy atom. The predicted octanol–water partition coefficient (Wildman–Crippen LogP) is 3.72. The van der Waals surface area contributed by atoms with Crippen LogP contribution >= 0.6 is 27.7 Å². The largest absolute Gasteiger partial charge is 0.399 e. The van der Waals surface area contributed by atoms with Crippen molar-refractivity contribution < 1.29 is 4.52 Å². The van der Waals surface area contributed by atoms with E-state index in [1.54, 1.807) is 11.8 Å². The minimum atomic E-state index is 0.502. The summed E-state index contributed by atoms with van der Waals surface area (Å²) in [5.74, 6) is 1.97. The third kappa shape index (κ3) is 3.49. The van der Waals surface area contributed by atoms with Gasteiger partial charge in [-0.15, -0.1) is 0 Å². The van der Waals surface area contributed by atoms with Crippen molar-refractivity contribution in [1.29, 1.82) is 0 Å². The van der Waals surface area contributed by atoms with Crippen LogP contribution in [0.15, 0.2) is 27.2 Å². The molecule has 0 radical (unpaired) electrons. The van der Waals surface area contributed by atoms with Gasteiger partial charge in [-0.25, -0.2) is 0 Å². The molecule has 18 heavy (non-hydrogen) atoms. The lowest BCUT2D eigenvalue weighted by Gasteiger charge is -1.99. The lowest BCUT2D eigenvalue weighted by molar-refractivity contribution is 0.425. The maximum atomic E-state index is 5.78. The molecule has 0 fully saturated rings. The molecule has 0 aliphatic rings. The Morgan fingerprint density at radius 1 is 1.39 bits per heavy atom. The molecule has 0 spiro atoms. The average molecular weight is 328 g/mol. The molecule has 1 aromatic heterocycles. The van der Waals surface area contributed by atoms with Crippen LogP contribution < -0.4 is 5.73 Å². The third-order valence-electron chi connectivity index (χ3n) is 2.18. The van der Waals surface area contributed by atoms with Crippen LogP contribution in [0.3, 0.4) is 0 Å². The molecule has 2 rings (SSSR count). The molecular formula is C12H14BrN3OS. The normalized spacial score (nSPS) is 11.1. The molecular weight excluding hydrogens is 314 g/mol. The fourth-order valence-corrected chi connectivity index (χ4v) is 2.52. The van der Waals surface area contributed by atoms with E-state index in [9.17, 15) is 0 Å². The van der Waals surface area contributed by atoms with Crippen LogP contribution in [0.25, 0.3) is 11.5 Å². The Morgan fingerprint density at radius 2 is 2.17 bits per heavy atom. The Kier molecular flexibility index (Phi) is 4.29. The first kappa shape index (κ1) is 13.4. The van der Waals surface area contributed by atoms with E-state index < -0.39 is 0 Å². The van der Waals surface area contributed by atoms with Gasteiger partial charge in [0.25, 0.3) is 5.89 Å². The maximum absolute atomic E-state index is 5.78. The summed E-state index contributed by atoms with van der Waals surface area (Å²) in [5.41, 5.74) is 7.27. The van der Waals surface area contributed by atoms with Crippen LogP contribution in [-0.4, -0.2) is 15.4 Å². The first-order valence-electron chi connectivity index (χ1n) is 5.55. The number of nitrogens with two attached hydrogens (primary N) is 1. The summed E-state index contributed by atoms with van der Waals surface area (Å²) in [4.78, 5) is 4.36.